The number of nitrogens with one attached hydrogen (secondary N) is 1. The summed E-state index contributed by atoms with van der Waals surface area (Å²) in [7, 11) is 2.14. The van der Waals surface area contributed by atoms with Crippen LogP contribution in [0.5, 0.6) is 0 Å². The number of nitrogens with zero attached hydrogens (tertiary/aromatic N) is 3. The van der Waals surface area contributed by atoms with E-state index in [0.29, 0.717) is 5.84 Å². The zero-order valence-electron chi connectivity index (χ0n) is 8.53. The highest BCUT2D eigenvalue weighted by atomic mass is 15.3. The maximum Gasteiger partial charge on any atom is 0.166 e. The van der Waals surface area contributed by atoms with Crippen molar-refractivity contribution in [1.82, 2.24) is 15.2 Å². The van der Waals surface area contributed by atoms with Gasteiger partial charge < -0.3 is 21.0 Å². The molecular formula is C9H17N5. The molecule has 0 spiro atoms. The van der Waals surface area contributed by atoms with E-state index in [0.717, 1.165) is 38.4 Å². The predicted molar refractivity (Wildman–Crippen MR) is 56.8 cm³/mol. The molecule has 0 aromatic carbocycles. The molecule has 5 heteroatoms. The van der Waals surface area contributed by atoms with Gasteiger partial charge in [-0.25, -0.2) is 0 Å². The Balaban J connectivity index is 2.01. The van der Waals surface area contributed by atoms with Crippen LogP contribution in [-0.2, 0) is 0 Å². The average molecular weight is 195 g/mol. The lowest BCUT2D eigenvalue weighted by Gasteiger charge is -2.35. The van der Waals surface area contributed by atoms with E-state index in [1.54, 1.807) is 0 Å². The molecule has 0 saturated carbocycles. The molecule has 2 aliphatic rings. The minimum atomic E-state index is 0.612. The molecule has 2 heterocycles. The van der Waals surface area contributed by atoms with Gasteiger partial charge in [0.05, 0.1) is 12.2 Å². The lowest BCUT2D eigenvalue weighted by molar-refractivity contribution is 0.191. The molecule has 0 amide bonds. The van der Waals surface area contributed by atoms with Crippen molar-refractivity contribution in [3.05, 3.63) is 11.8 Å². The second-order valence-electron chi connectivity index (χ2n) is 3.74. The van der Waals surface area contributed by atoms with Crippen LogP contribution < -0.4 is 11.2 Å². The zero-order valence-corrected chi connectivity index (χ0v) is 8.53. The van der Waals surface area contributed by atoms with E-state index in [2.05, 4.69) is 33.5 Å². The Morgan fingerprint density at radius 1 is 1.36 bits per heavy atom. The van der Waals surface area contributed by atoms with Crippen molar-refractivity contribution in [2.45, 2.75) is 0 Å². The molecule has 0 aromatic heterocycles. The number of amidine groups is 1. The van der Waals surface area contributed by atoms with Gasteiger partial charge in [0.1, 0.15) is 0 Å². The summed E-state index contributed by atoms with van der Waals surface area (Å²) >= 11 is 0. The van der Waals surface area contributed by atoms with Gasteiger partial charge in [-0.3, -0.25) is 0 Å². The minimum absolute atomic E-state index is 0.612. The van der Waals surface area contributed by atoms with Crippen molar-refractivity contribution in [2.24, 2.45) is 10.8 Å². The SMILES string of the molecule is CN1CCN(C2=CCNN=C2N)CC1. The molecule has 3 N–H and O–H groups in total. The topological polar surface area (TPSA) is 56.9 Å². The molecule has 0 aliphatic carbocycles. The van der Waals surface area contributed by atoms with Crippen molar-refractivity contribution in [2.75, 3.05) is 39.8 Å². The molecular weight excluding hydrogens is 178 g/mol. The fourth-order valence-corrected chi connectivity index (χ4v) is 1.77. The van der Waals surface area contributed by atoms with Crippen molar-refractivity contribution in [3.8, 4) is 0 Å². The standard InChI is InChI=1S/C9H17N5/c1-13-4-6-14(7-5-13)8-2-3-11-12-9(8)10/h2,11H,3-7H2,1H3,(H2,10,12). The number of likely N-dealkylation sites (N-methyl/N-ethyl adjacent to an activating group) is 1. The third-order valence-corrected chi connectivity index (χ3v) is 2.69. The number of nitrogens with two attached hydrogens (primary N) is 1. The Morgan fingerprint density at radius 2 is 2.07 bits per heavy atom. The van der Waals surface area contributed by atoms with E-state index in [9.17, 15) is 0 Å². The lowest BCUT2D eigenvalue weighted by Crippen LogP contribution is -2.47. The smallest absolute Gasteiger partial charge is 0.166 e. The molecule has 78 valence electrons. The quantitative estimate of drug-likeness (QED) is 0.563. The molecule has 14 heavy (non-hydrogen) atoms. The summed E-state index contributed by atoms with van der Waals surface area (Å²) < 4.78 is 0. The highest BCUT2D eigenvalue weighted by Gasteiger charge is 2.19. The Labute approximate surface area is 84.2 Å². The summed E-state index contributed by atoms with van der Waals surface area (Å²) in [6, 6.07) is 0. The molecule has 1 saturated heterocycles. The molecule has 2 rings (SSSR count). The van der Waals surface area contributed by atoms with Crippen LogP contribution in [0.25, 0.3) is 0 Å². The van der Waals surface area contributed by atoms with Gasteiger partial charge in [-0.05, 0) is 13.1 Å². The van der Waals surface area contributed by atoms with Crippen LogP contribution >= 0.6 is 0 Å². The monoisotopic (exact) mass is 195 g/mol. The van der Waals surface area contributed by atoms with Gasteiger partial charge in [0.2, 0.25) is 0 Å². The highest BCUT2D eigenvalue weighted by molar-refractivity contribution is 5.96. The Morgan fingerprint density at radius 3 is 2.71 bits per heavy atom. The van der Waals surface area contributed by atoms with Crippen molar-refractivity contribution in [1.29, 1.82) is 0 Å². The first kappa shape index (κ1) is 9.33. The average Bonchev–Trinajstić information content (AvgIpc) is 2.20. The molecule has 0 radical (unpaired) electrons. The fourth-order valence-electron chi connectivity index (χ4n) is 1.77. The van der Waals surface area contributed by atoms with Crippen molar-refractivity contribution < 1.29 is 0 Å². The van der Waals surface area contributed by atoms with E-state index in [4.69, 9.17) is 5.73 Å². The zero-order chi connectivity index (χ0) is 9.97. The summed E-state index contributed by atoms with van der Waals surface area (Å²) in [4.78, 5) is 4.63. The maximum atomic E-state index is 5.81. The summed E-state index contributed by atoms with van der Waals surface area (Å²) in [6.45, 7) is 5.05. The first-order valence-electron chi connectivity index (χ1n) is 4.97. The van der Waals surface area contributed by atoms with Crippen LogP contribution in [0, 0.1) is 0 Å². The first-order valence-corrected chi connectivity index (χ1v) is 4.97. The second kappa shape index (κ2) is 3.88. The van der Waals surface area contributed by atoms with E-state index in [1.807, 2.05) is 0 Å². The molecule has 1 fully saturated rings. The fraction of sp³-hybridized carbons (Fsp3) is 0.667. The number of hydrogen-bond acceptors (Lipinski definition) is 5. The van der Waals surface area contributed by atoms with E-state index in [-0.39, 0.29) is 0 Å². The summed E-state index contributed by atoms with van der Waals surface area (Å²) in [5, 5.41) is 4.03. The largest absolute Gasteiger partial charge is 0.381 e. The Hall–Kier alpha value is -1.23. The summed E-state index contributed by atoms with van der Waals surface area (Å²) in [6.07, 6.45) is 2.10. The molecule has 0 bridgehead atoms. The summed E-state index contributed by atoms with van der Waals surface area (Å²) in [5.74, 6) is 0.612. The third kappa shape index (κ3) is 1.82. The van der Waals surface area contributed by atoms with E-state index in [1.165, 1.54) is 0 Å². The molecule has 0 aromatic rings. The van der Waals surface area contributed by atoms with Gasteiger partial charge in [0, 0.05) is 26.2 Å². The van der Waals surface area contributed by atoms with E-state index < -0.39 is 0 Å². The number of hydrogen-bond donors (Lipinski definition) is 2. The lowest BCUT2D eigenvalue weighted by atomic mass is 10.2. The molecule has 0 atom stereocenters. The third-order valence-electron chi connectivity index (χ3n) is 2.69. The van der Waals surface area contributed by atoms with Crippen LogP contribution in [0.15, 0.2) is 16.9 Å². The van der Waals surface area contributed by atoms with Gasteiger partial charge in [-0.15, -0.1) is 0 Å². The molecule has 5 nitrogen and oxygen atoms in total. The van der Waals surface area contributed by atoms with E-state index >= 15 is 0 Å². The van der Waals surface area contributed by atoms with Gasteiger partial charge in [0.25, 0.3) is 0 Å². The molecule has 0 unspecified atom stereocenters. The van der Waals surface area contributed by atoms with Gasteiger partial charge in [-0.1, -0.05) is 0 Å². The summed E-state index contributed by atoms with van der Waals surface area (Å²) in [5.41, 5.74) is 9.76. The van der Waals surface area contributed by atoms with Crippen molar-refractivity contribution >= 4 is 5.84 Å². The first-order chi connectivity index (χ1) is 6.77. The maximum absolute atomic E-state index is 5.81. The number of piperazine rings is 1. The van der Waals surface area contributed by atoms with Crippen LogP contribution in [0.1, 0.15) is 0 Å². The number of rotatable bonds is 1. The number of hydrazone groups is 1. The van der Waals surface area contributed by atoms with Gasteiger partial charge >= 0.3 is 0 Å². The Bertz CT molecular complexity index is 262. The van der Waals surface area contributed by atoms with Gasteiger partial charge in [-0.2, -0.15) is 5.10 Å². The normalized spacial score (nSPS) is 23.9. The van der Waals surface area contributed by atoms with Crippen LogP contribution in [0.2, 0.25) is 0 Å². The minimum Gasteiger partial charge on any atom is -0.381 e. The Kier molecular flexibility index (Phi) is 2.58. The predicted octanol–water partition coefficient (Wildman–Crippen LogP) is -1.01. The van der Waals surface area contributed by atoms with Gasteiger partial charge in [0.15, 0.2) is 5.84 Å². The highest BCUT2D eigenvalue weighted by Crippen LogP contribution is 2.09. The van der Waals surface area contributed by atoms with Crippen LogP contribution in [-0.4, -0.2) is 55.4 Å². The van der Waals surface area contributed by atoms with Crippen LogP contribution in [0.4, 0.5) is 0 Å². The molecule has 2 aliphatic heterocycles. The van der Waals surface area contributed by atoms with Crippen molar-refractivity contribution in [3.63, 3.8) is 0 Å². The van der Waals surface area contributed by atoms with Crippen LogP contribution in [0.3, 0.4) is 0 Å². The second-order valence-corrected chi connectivity index (χ2v) is 3.74.